The minimum absolute atomic E-state index is 0.456. The van der Waals surface area contributed by atoms with E-state index in [1.165, 1.54) is 25.7 Å². The molecule has 0 N–H and O–H groups in total. The Morgan fingerprint density at radius 2 is 1.70 bits per heavy atom. The van der Waals surface area contributed by atoms with Gasteiger partial charge in [0, 0.05) is 0 Å². The molecule has 10 heavy (non-hydrogen) atoms. The smallest absolute Gasteiger partial charge is 0.0243 e. The largest absolute Gasteiger partial charge is 0.0591 e. The van der Waals surface area contributed by atoms with E-state index in [1.807, 2.05) is 0 Å². The van der Waals surface area contributed by atoms with Crippen molar-refractivity contribution in [2.24, 2.45) is 16.7 Å². The van der Waals surface area contributed by atoms with E-state index in [-0.39, 0.29) is 0 Å². The first kappa shape index (κ1) is 6.69. The van der Waals surface area contributed by atoms with Crippen molar-refractivity contribution in [3.05, 3.63) is 6.92 Å². The van der Waals surface area contributed by atoms with Crippen molar-refractivity contribution < 1.29 is 0 Å². The predicted molar refractivity (Wildman–Crippen MR) is 43.5 cm³/mol. The normalized spacial score (nSPS) is 50.1. The molecule has 2 rings (SSSR count). The van der Waals surface area contributed by atoms with Gasteiger partial charge in [0.05, 0.1) is 0 Å². The molecule has 0 amide bonds. The maximum absolute atomic E-state index is 4.38. The van der Waals surface area contributed by atoms with Crippen LogP contribution in [0.15, 0.2) is 0 Å². The van der Waals surface area contributed by atoms with Crippen LogP contribution < -0.4 is 0 Å². The SMILES string of the molecule is [CH2]C12CCC(CC1)C2(C)C. The summed E-state index contributed by atoms with van der Waals surface area (Å²) >= 11 is 0. The van der Waals surface area contributed by atoms with Gasteiger partial charge in [0.15, 0.2) is 0 Å². The Hall–Kier alpha value is 0. The predicted octanol–water partition coefficient (Wildman–Crippen LogP) is 3.04. The zero-order valence-corrected chi connectivity index (χ0v) is 7.11. The summed E-state index contributed by atoms with van der Waals surface area (Å²) in [5, 5.41) is 0. The maximum Gasteiger partial charge on any atom is -0.0243 e. The van der Waals surface area contributed by atoms with Crippen LogP contribution in [0.4, 0.5) is 0 Å². The van der Waals surface area contributed by atoms with Crippen molar-refractivity contribution in [1.29, 1.82) is 0 Å². The second-order valence-corrected chi connectivity index (χ2v) is 4.78. The highest BCUT2D eigenvalue weighted by molar-refractivity contribution is 5.09. The van der Waals surface area contributed by atoms with Crippen LogP contribution >= 0.6 is 0 Å². The maximum atomic E-state index is 4.38. The summed E-state index contributed by atoms with van der Waals surface area (Å²) in [7, 11) is 0. The van der Waals surface area contributed by atoms with E-state index >= 15 is 0 Å². The van der Waals surface area contributed by atoms with Gasteiger partial charge in [-0.25, -0.2) is 0 Å². The molecule has 2 fully saturated rings. The number of hydrogen-bond acceptors (Lipinski definition) is 0. The molecule has 0 heteroatoms. The van der Waals surface area contributed by atoms with Crippen LogP contribution in [0.2, 0.25) is 0 Å². The third kappa shape index (κ3) is 0.538. The average Bonchev–Trinajstić information content (AvgIpc) is 2.18. The standard InChI is InChI=1S/C10H17/c1-9(2)8-4-6-10(9,3)7-5-8/h8H,3-7H2,1-2H3. The topological polar surface area (TPSA) is 0 Å². The van der Waals surface area contributed by atoms with Gasteiger partial charge in [-0.2, -0.15) is 0 Å². The summed E-state index contributed by atoms with van der Waals surface area (Å²) in [6.07, 6.45) is 5.64. The van der Waals surface area contributed by atoms with Crippen molar-refractivity contribution in [2.75, 3.05) is 0 Å². The molecular weight excluding hydrogens is 120 g/mol. The van der Waals surface area contributed by atoms with Gasteiger partial charge < -0.3 is 0 Å². The summed E-state index contributed by atoms with van der Waals surface area (Å²) in [6, 6.07) is 0. The van der Waals surface area contributed by atoms with Crippen LogP contribution in [0.3, 0.4) is 0 Å². The third-order valence-corrected chi connectivity index (χ3v) is 4.33. The molecule has 2 aliphatic carbocycles. The summed E-state index contributed by atoms with van der Waals surface area (Å²) in [6.45, 7) is 9.20. The van der Waals surface area contributed by atoms with Crippen molar-refractivity contribution in [3.63, 3.8) is 0 Å². The van der Waals surface area contributed by atoms with Gasteiger partial charge in [-0.05, 0) is 49.4 Å². The highest BCUT2D eigenvalue weighted by Gasteiger charge is 2.55. The fourth-order valence-electron chi connectivity index (χ4n) is 2.97. The Kier molecular flexibility index (Phi) is 1.07. The lowest BCUT2D eigenvalue weighted by Gasteiger charge is -2.34. The van der Waals surface area contributed by atoms with E-state index < -0.39 is 0 Å². The van der Waals surface area contributed by atoms with Crippen LogP contribution in [0.25, 0.3) is 0 Å². The zero-order chi connectivity index (χ0) is 7.41. The molecule has 2 aliphatic rings. The summed E-state index contributed by atoms with van der Waals surface area (Å²) in [5.41, 5.74) is 1.00. The molecule has 0 nitrogen and oxygen atoms in total. The second-order valence-electron chi connectivity index (χ2n) is 4.78. The average molecular weight is 137 g/mol. The van der Waals surface area contributed by atoms with Crippen LogP contribution in [0.5, 0.6) is 0 Å². The van der Waals surface area contributed by atoms with Crippen LogP contribution in [-0.2, 0) is 0 Å². The van der Waals surface area contributed by atoms with Crippen LogP contribution in [0.1, 0.15) is 39.5 Å². The van der Waals surface area contributed by atoms with Gasteiger partial charge in [0.2, 0.25) is 0 Å². The van der Waals surface area contributed by atoms with Gasteiger partial charge in [-0.1, -0.05) is 13.8 Å². The minimum atomic E-state index is 0.456. The van der Waals surface area contributed by atoms with Gasteiger partial charge in [-0.15, -0.1) is 0 Å². The van der Waals surface area contributed by atoms with Gasteiger partial charge in [-0.3, -0.25) is 0 Å². The van der Waals surface area contributed by atoms with Crippen molar-refractivity contribution in [3.8, 4) is 0 Å². The Balaban J connectivity index is 2.37. The Bertz CT molecular complexity index is 145. The first-order chi connectivity index (χ1) is 4.56. The highest BCUT2D eigenvalue weighted by atomic mass is 14.6. The molecular formula is C10H17. The Morgan fingerprint density at radius 3 is 1.80 bits per heavy atom. The number of fused-ring (bicyclic) bond motifs is 2. The molecule has 1 radical (unpaired) electrons. The molecule has 0 saturated heterocycles. The Morgan fingerprint density at radius 1 is 1.20 bits per heavy atom. The van der Waals surface area contributed by atoms with Gasteiger partial charge in [0.1, 0.15) is 0 Å². The first-order valence-electron chi connectivity index (χ1n) is 4.42. The highest BCUT2D eigenvalue weighted by Crippen LogP contribution is 2.65. The minimum Gasteiger partial charge on any atom is -0.0591 e. The molecule has 0 aromatic carbocycles. The fourth-order valence-corrected chi connectivity index (χ4v) is 2.97. The summed E-state index contributed by atoms with van der Waals surface area (Å²) in [4.78, 5) is 0. The van der Waals surface area contributed by atoms with Crippen molar-refractivity contribution in [2.45, 2.75) is 39.5 Å². The molecule has 0 aromatic heterocycles. The summed E-state index contributed by atoms with van der Waals surface area (Å²) in [5.74, 6) is 0.991. The van der Waals surface area contributed by atoms with Gasteiger partial charge >= 0.3 is 0 Å². The van der Waals surface area contributed by atoms with E-state index in [4.69, 9.17) is 0 Å². The lowest BCUT2D eigenvalue weighted by Crippen LogP contribution is -2.26. The Labute approximate surface area is 64.0 Å². The molecule has 0 atom stereocenters. The quantitative estimate of drug-likeness (QED) is 0.481. The van der Waals surface area contributed by atoms with E-state index in [2.05, 4.69) is 20.8 Å². The zero-order valence-electron chi connectivity index (χ0n) is 7.11. The lowest BCUT2D eigenvalue weighted by atomic mass is 9.71. The second kappa shape index (κ2) is 1.60. The fraction of sp³-hybridized carbons (Fsp3) is 0.900. The molecule has 0 aliphatic heterocycles. The number of rotatable bonds is 0. The third-order valence-electron chi connectivity index (χ3n) is 4.33. The molecule has 2 saturated carbocycles. The van der Waals surface area contributed by atoms with E-state index in [1.54, 1.807) is 0 Å². The van der Waals surface area contributed by atoms with Crippen molar-refractivity contribution in [1.82, 2.24) is 0 Å². The number of hydrogen-bond donors (Lipinski definition) is 0. The molecule has 0 spiro atoms. The molecule has 2 bridgehead atoms. The van der Waals surface area contributed by atoms with E-state index in [9.17, 15) is 0 Å². The molecule has 0 aromatic rings. The molecule has 57 valence electrons. The van der Waals surface area contributed by atoms with E-state index in [0.717, 1.165) is 5.92 Å². The molecule has 0 unspecified atom stereocenters. The van der Waals surface area contributed by atoms with Crippen LogP contribution in [-0.4, -0.2) is 0 Å². The molecule has 0 heterocycles. The summed E-state index contributed by atoms with van der Waals surface area (Å²) < 4.78 is 0. The first-order valence-corrected chi connectivity index (χ1v) is 4.42. The van der Waals surface area contributed by atoms with Crippen LogP contribution in [0, 0.1) is 23.7 Å². The van der Waals surface area contributed by atoms with E-state index in [0.29, 0.717) is 10.8 Å². The van der Waals surface area contributed by atoms with Gasteiger partial charge in [0.25, 0.3) is 0 Å². The van der Waals surface area contributed by atoms with Crippen molar-refractivity contribution >= 4 is 0 Å². The monoisotopic (exact) mass is 137 g/mol. The lowest BCUT2D eigenvalue weighted by molar-refractivity contribution is 0.183.